The van der Waals surface area contributed by atoms with Gasteiger partial charge in [0.25, 0.3) is 0 Å². The van der Waals surface area contributed by atoms with Crippen LogP contribution in [0.2, 0.25) is 0 Å². The van der Waals surface area contributed by atoms with Crippen molar-refractivity contribution < 1.29 is 53.8 Å². The van der Waals surface area contributed by atoms with Crippen molar-refractivity contribution in [2.75, 3.05) is 26.4 Å². The number of allylic oxidation sites excluding steroid dienone is 3. The molecule has 3 heterocycles. The van der Waals surface area contributed by atoms with Crippen molar-refractivity contribution in [3.05, 3.63) is 69.6 Å². The fraction of sp³-hybridized carbons (Fsp3) is 0.447. The number of carbonyl (C=O) groups excluding carboxylic acids is 3. The fourth-order valence-electron chi connectivity index (χ4n) is 7.28. The van der Waals surface area contributed by atoms with Crippen molar-refractivity contribution >= 4 is 34.5 Å². The van der Waals surface area contributed by atoms with Crippen LogP contribution in [0.5, 0.6) is 17.2 Å². The number of esters is 1. The summed E-state index contributed by atoms with van der Waals surface area (Å²) in [6, 6.07) is 7.74. The van der Waals surface area contributed by atoms with Crippen LogP contribution in [0.15, 0.2) is 47.4 Å². The van der Waals surface area contributed by atoms with E-state index in [1.807, 2.05) is 30.5 Å². The average Bonchev–Trinajstić information content (AvgIpc) is 3.78. The number of aromatic amines is 1. The zero-order valence-electron chi connectivity index (χ0n) is 28.3. The van der Waals surface area contributed by atoms with Gasteiger partial charge < -0.3 is 44.4 Å². The lowest BCUT2D eigenvalue weighted by Gasteiger charge is -2.32. The Balaban J connectivity index is 1.59. The molecule has 12 heteroatoms. The molecule has 2 aromatic carbocycles. The van der Waals surface area contributed by atoms with E-state index in [4.69, 9.17) is 18.9 Å². The van der Waals surface area contributed by atoms with E-state index in [9.17, 15) is 34.8 Å². The molecule has 3 aromatic rings. The molecule has 266 valence electrons. The second-order valence-corrected chi connectivity index (χ2v) is 13.1. The molecule has 3 aliphatic rings. The Morgan fingerprint density at radius 1 is 1.10 bits per heavy atom. The first-order chi connectivity index (χ1) is 24.2. The third-order valence-corrected chi connectivity index (χ3v) is 9.83. The van der Waals surface area contributed by atoms with Gasteiger partial charge in [-0.25, -0.2) is 4.79 Å². The van der Waals surface area contributed by atoms with Crippen LogP contribution in [-0.2, 0) is 32.1 Å². The molecule has 0 spiro atoms. The minimum absolute atomic E-state index is 0.00901. The summed E-state index contributed by atoms with van der Waals surface area (Å²) in [5.41, 5.74) is 2.43. The number of Topliss-reactive ketones (excluding diaryl/α,β-unsaturated/α-hetero) is 1. The molecule has 12 nitrogen and oxygen atoms in total. The molecule has 1 saturated carbocycles. The number of aromatic nitrogens is 1. The summed E-state index contributed by atoms with van der Waals surface area (Å²) in [7, 11) is 0. The molecule has 0 radical (unpaired) electrons. The van der Waals surface area contributed by atoms with Gasteiger partial charge in [0.2, 0.25) is 5.76 Å². The van der Waals surface area contributed by atoms with Crippen LogP contribution in [0.4, 0.5) is 0 Å². The monoisotopic (exact) mass is 689 g/mol. The maximum Gasteiger partial charge on any atom is 0.375 e. The molecule has 6 rings (SSSR count). The van der Waals surface area contributed by atoms with Crippen LogP contribution in [-0.4, -0.2) is 81.6 Å². The molecule has 3 unspecified atom stereocenters. The summed E-state index contributed by atoms with van der Waals surface area (Å²) >= 11 is 0. The number of hydrogen-bond acceptors (Lipinski definition) is 11. The standard InChI is InChI=1S/C38H43NO11/c1-3-47-37(45)36-26(19-42)31(23-7-9-29(44)24(17-23)21-6-8-28-22(16-21)10-12-39-28)32-34(48-15-5-14-41)25-18-30(38(2,46)11-4-13-40)49-33(25)27(20-43)35(32)50-36/h6,8,10,12,16,19,24,30,39-41,43,46H,3-5,7,9,11,13-15,17-18,20H2,1-2H3. The molecule has 5 N–H and O–H groups in total. The second kappa shape index (κ2) is 14.8. The van der Waals surface area contributed by atoms with Gasteiger partial charge >= 0.3 is 5.97 Å². The van der Waals surface area contributed by atoms with E-state index >= 15 is 0 Å². The van der Waals surface area contributed by atoms with Crippen LogP contribution in [0, 0.1) is 0 Å². The first kappa shape index (κ1) is 35.3. The predicted molar refractivity (Wildman–Crippen MR) is 182 cm³/mol. The first-order valence-electron chi connectivity index (χ1n) is 17.1. The van der Waals surface area contributed by atoms with Crippen molar-refractivity contribution in [1.29, 1.82) is 0 Å². The van der Waals surface area contributed by atoms with E-state index < -0.39 is 30.2 Å². The van der Waals surface area contributed by atoms with Gasteiger partial charge in [-0.05, 0) is 68.7 Å². The second-order valence-electron chi connectivity index (χ2n) is 13.1. The number of carbonyl (C=O) groups is 3. The number of aliphatic hydroxyl groups is 4. The van der Waals surface area contributed by atoms with Gasteiger partial charge in [-0.15, -0.1) is 0 Å². The number of fused-ring (bicyclic) bond motifs is 3. The number of aldehydes is 1. The van der Waals surface area contributed by atoms with Gasteiger partial charge in [-0.3, -0.25) is 9.59 Å². The van der Waals surface area contributed by atoms with Crippen molar-refractivity contribution in [1.82, 2.24) is 4.98 Å². The van der Waals surface area contributed by atoms with Crippen LogP contribution in [0.25, 0.3) is 16.5 Å². The van der Waals surface area contributed by atoms with Crippen LogP contribution >= 0.6 is 0 Å². The molecule has 50 heavy (non-hydrogen) atoms. The summed E-state index contributed by atoms with van der Waals surface area (Å²) in [6.45, 7) is 2.47. The molecule has 0 bridgehead atoms. The minimum atomic E-state index is -1.38. The van der Waals surface area contributed by atoms with Gasteiger partial charge in [0.1, 0.15) is 29.1 Å². The SMILES string of the molecule is CCOC(=O)C1=C(C=O)C(=C2CCC(=O)C(c3ccc4[nH]ccc4c3)C2)c2c(OCCCO)c3c(c(CO)c2O1)OC(C(C)(O)CCCO)C3. The normalized spacial score (nSPS) is 21.3. The van der Waals surface area contributed by atoms with Crippen molar-refractivity contribution in [3.63, 3.8) is 0 Å². The molecule has 1 aromatic heterocycles. The predicted octanol–water partition coefficient (Wildman–Crippen LogP) is 3.95. The largest absolute Gasteiger partial charge is 0.492 e. The Bertz CT molecular complexity index is 1870. The van der Waals surface area contributed by atoms with Gasteiger partial charge in [0.05, 0.1) is 42.1 Å². The molecule has 0 saturated heterocycles. The number of ketones is 1. The number of H-pyrrole nitrogens is 1. The van der Waals surface area contributed by atoms with E-state index in [1.165, 1.54) is 0 Å². The van der Waals surface area contributed by atoms with Gasteiger partial charge in [-0.1, -0.05) is 11.6 Å². The number of aliphatic hydroxyl groups excluding tert-OH is 3. The van der Waals surface area contributed by atoms with E-state index in [0.29, 0.717) is 35.8 Å². The highest BCUT2D eigenvalue weighted by Gasteiger charge is 2.46. The van der Waals surface area contributed by atoms with Gasteiger partial charge in [0.15, 0.2) is 6.29 Å². The Morgan fingerprint density at radius 3 is 2.62 bits per heavy atom. The van der Waals surface area contributed by atoms with Crippen molar-refractivity contribution in [2.45, 2.75) is 83.0 Å². The third-order valence-electron chi connectivity index (χ3n) is 9.83. The summed E-state index contributed by atoms with van der Waals surface area (Å²) < 4.78 is 24.2. The van der Waals surface area contributed by atoms with E-state index in [1.54, 1.807) is 13.8 Å². The molecular formula is C38H43NO11. The van der Waals surface area contributed by atoms with Crippen molar-refractivity contribution in [2.24, 2.45) is 0 Å². The third kappa shape index (κ3) is 6.44. The number of hydrogen-bond donors (Lipinski definition) is 5. The molecule has 2 aliphatic heterocycles. The Kier molecular flexibility index (Phi) is 10.4. The van der Waals surface area contributed by atoms with Crippen LogP contribution in [0.1, 0.15) is 80.5 Å². The van der Waals surface area contributed by atoms with E-state index in [-0.39, 0.29) is 98.5 Å². The molecular weight excluding hydrogens is 646 g/mol. The van der Waals surface area contributed by atoms with Gasteiger partial charge in [0, 0.05) is 61.2 Å². The molecule has 1 aliphatic carbocycles. The van der Waals surface area contributed by atoms with Crippen molar-refractivity contribution in [3.8, 4) is 17.2 Å². The number of benzene rings is 2. The van der Waals surface area contributed by atoms with Gasteiger partial charge in [-0.2, -0.15) is 0 Å². The highest BCUT2D eigenvalue weighted by atomic mass is 16.6. The zero-order chi connectivity index (χ0) is 35.6. The summed E-state index contributed by atoms with van der Waals surface area (Å²) in [4.78, 5) is 43.1. The summed E-state index contributed by atoms with van der Waals surface area (Å²) in [5.74, 6) is -1.19. The first-order valence-corrected chi connectivity index (χ1v) is 17.1. The average molecular weight is 690 g/mol. The maximum atomic E-state index is 13.5. The number of ether oxygens (including phenoxy) is 4. The Hall–Kier alpha value is -4.49. The summed E-state index contributed by atoms with van der Waals surface area (Å²) in [5, 5.41) is 42.3. The summed E-state index contributed by atoms with van der Waals surface area (Å²) in [6.07, 6.45) is 3.30. The number of rotatable bonds is 13. The lowest BCUT2D eigenvalue weighted by molar-refractivity contribution is -0.141. The lowest BCUT2D eigenvalue weighted by atomic mass is 9.75. The maximum absolute atomic E-state index is 13.5. The van der Waals surface area contributed by atoms with Crippen LogP contribution in [0.3, 0.4) is 0 Å². The van der Waals surface area contributed by atoms with E-state index in [2.05, 4.69) is 4.98 Å². The Labute approximate surface area is 289 Å². The fourth-order valence-corrected chi connectivity index (χ4v) is 7.28. The minimum Gasteiger partial charge on any atom is -0.492 e. The molecule has 0 amide bonds. The highest BCUT2D eigenvalue weighted by Crippen LogP contribution is 2.56. The highest BCUT2D eigenvalue weighted by molar-refractivity contribution is 6.11. The lowest BCUT2D eigenvalue weighted by Crippen LogP contribution is -2.42. The molecule has 3 atom stereocenters. The Morgan fingerprint density at radius 2 is 1.90 bits per heavy atom. The quantitative estimate of drug-likeness (QED) is 0.0995. The molecule has 1 fully saturated rings. The van der Waals surface area contributed by atoms with Crippen LogP contribution < -0.4 is 14.2 Å². The smallest absolute Gasteiger partial charge is 0.375 e. The zero-order valence-corrected chi connectivity index (χ0v) is 28.3. The topological polar surface area (TPSA) is 185 Å². The van der Waals surface area contributed by atoms with E-state index in [0.717, 1.165) is 22.0 Å². The number of nitrogens with one attached hydrogen (secondary N) is 1.